The van der Waals surface area contributed by atoms with Gasteiger partial charge in [-0.05, 0) is 24.1 Å². The smallest absolute Gasteiger partial charge is 0.125 e. The molecule has 2 unspecified atom stereocenters. The molecule has 1 heterocycles. The second kappa shape index (κ2) is 4.42. The second-order valence-corrected chi connectivity index (χ2v) is 4.48. The van der Waals surface area contributed by atoms with Gasteiger partial charge in [-0.1, -0.05) is 20.3 Å². The second-order valence-electron chi connectivity index (χ2n) is 4.48. The average Bonchev–Trinajstić information content (AvgIpc) is 2.28. The van der Waals surface area contributed by atoms with Crippen LogP contribution in [0.2, 0.25) is 0 Å². The first-order valence-electron chi connectivity index (χ1n) is 5.76. The number of fused-ring (bicyclic) bond motifs is 1. The Morgan fingerprint density at radius 3 is 3.00 bits per heavy atom. The van der Waals surface area contributed by atoms with Gasteiger partial charge in [0.15, 0.2) is 0 Å². The highest BCUT2D eigenvalue weighted by Crippen LogP contribution is 2.37. The van der Waals surface area contributed by atoms with Crippen LogP contribution in [0.5, 0.6) is 5.75 Å². The van der Waals surface area contributed by atoms with Gasteiger partial charge in [-0.3, -0.25) is 0 Å². The zero-order valence-corrected chi connectivity index (χ0v) is 9.61. The van der Waals surface area contributed by atoms with Gasteiger partial charge < -0.3 is 9.84 Å². The third-order valence-corrected chi connectivity index (χ3v) is 3.34. The van der Waals surface area contributed by atoms with Gasteiger partial charge in [-0.25, -0.2) is 4.39 Å². The fourth-order valence-corrected chi connectivity index (χ4v) is 2.06. The Balaban J connectivity index is 2.26. The van der Waals surface area contributed by atoms with E-state index >= 15 is 0 Å². The van der Waals surface area contributed by atoms with E-state index in [4.69, 9.17) is 4.74 Å². The SMILES string of the molecule is CCC(C)C1C[C@@H](O)c2cc(F)ccc2O1. The predicted molar refractivity (Wildman–Crippen MR) is 59.8 cm³/mol. The molecule has 2 nitrogen and oxygen atoms in total. The summed E-state index contributed by atoms with van der Waals surface area (Å²) in [5, 5.41) is 9.95. The van der Waals surface area contributed by atoms with Crippen molar-refractivity contribution < 1.29 is 14.2 Å². The molecule has 16 heavy (non-hydrogen) atoms. The fraction of sp³-hybridized carbons (Fsp3) is 0.538. The first-order valence-corrected chi connectivity index (χ1v) is 5.76. The van der Waals surface area contributed by atoms with Crippen molar-refractivity contribution in [3.05, 3.63) is 29.6 Å². The maximum atomic E-state index is 13.0. The van der Waals surface area contributed by atoms with Gasteiger partial charge in [-0.2, -0.15) is 0 Å². The third-order valence-electron chi connectivity index (χ3n) is 3.34. The van der Waals surface area contributed by atoms with E-state index < -0.39 is 6.10 Å². The van der Waals surface area contributed by atoms with Crippen molar-refractivity contribution >= 4 is 0 Å². The van der Waals surface area contributed by atoms with Crippen molar-refractivity contribution in [2.24, 2.45) is 5.92 Å². The molecule has 0 aliphatic carbocycles. The molecule has 0 bridgehead atoms. The molecule has 0 radical (unpaired) electrons. The lowest BCUT2D eigenvalue weighted by molar-refractivity contribution is 0.0372. The van der Waals surface area contributed by atoms with Crippen LogP contribution in [0.25, 0.3) is 0 Å². The normalized spacial score (nSPS) is 25.8. The van der Waals surface area contributed by atoms with E-state index in [1.807, 2.05) is 0 Å². The molecule has 1 aromatic carbocycles. The summed E-state index contributed by atoms with van der Waals surface area (Å²) in [5.41, 5.74) is 0.569. The number of benzene rings is 1. The van der Waals surface area contributed by atoms with E-state index in [-0.39, 0.29) is 11.9 Å². The van der Waals surface area contributed by atoms with Crippen molar-refractivity contribution in [3.63, 3.8) is 0 Å². The summed E-state index contributed by atoms with van der Waals surface area (Å²) in [6.07, 6.45) is 0.968. The quantitative estimate of drug-likeness (QED) is 0.836. The summed E-state index contributed by atoms with van der Waals surface area (Å²) in [4.78, 5) is 0. The van der Waals surface area contributed by atoms with Crippen LogP contribution < -0.4 is 4.74 Å². The maximum absolute atomic E-state index is 13.0. The number of hydrogen-bond donors (Lipinski definition) is 1. The average molecular weight is 224 g/mol. The van der Waals surface area contributed by atoms with E-state index in [0.717, 1.165) is 6.42 Å². The maximum Gasteiger partial charge on any atom is 0.125 e. The van der Waals surface area contributed by atoms with Gasteiger partial charge in [0.1, 0.15) is 17.7 Å². The number of rotatable bonds is 2. The third kappa shape index (κ3) is 2.05. The Hall–Kier alpha value is -1.09. The van der Waals surface area contributed by atoms with Crippen molar-refractivity contribution in [1.82, 2.24) is 0 Å². The lowest BCUT2D eigenvalue weighted by Gasteiger charge is -2.32. The van der Waals surface area contributed by atoms with E-state index in [9.17, 15) is 9.50 Å². The molecule has 1 aliphatic rings. The van der Waals surface area contributed by atoms with Gasteiger partial charge in [0, 0.05) is 12.0 Å². The molecular weight excluding hydrogens is 207 g/mol. The highest BCUT2D eigenvalue weighted by molar-refractivity contribution is 5.37. The number of aliphatic hydroxyl groups is 1. The summed E-state index contributed by atoms with van der Waals surface area (Å²) >= 11 is 0. The highest BCUT2D eigenvalue weighted by Gasteiger charge is 2.29. The van der Waals surface area contributed by atoms with Crippen LogP contribution in [-0.2, 0) is 0 Å². The zero-order valence-electron chi connectivity index (χ0n) is 9.61. The molecule has 0 aromatic heterocycles. The van der Waals surface area contributed by atoms with Gasteiger partial charge >= 0.3 is 0 Å². The standard InChI is InChI=1S/C13H17FO2/c1-3-8(2)13-7-11(15)10-6-9(14)4-5-12(10)16-13/h4-6,8,11,13,15H,3,7H2,1-2H3/t8?,11-,13?/m1/s1. The minimum atomic E-state index is -0.613. The first kappa shape index (κ1) is 11.4. The predicted octanol–water partition coefficient (Wildman–Crippen LogP) is 3.06. The van der Waals surface area contributed by atoms with E-state index in [1.54, 1.807) is 6.07 Å². The summed E-state index contributed by atoms with van der Waals surface area (Å²) in [5.74, 6) is 0.682. The Kier molecular flexibility index (Phi) is 3.15. The number of halogens is 1. The summed E-state index contributed by atoms with van der Waals surface area (Å²) < 4.78 is 18.8. The Bertz CT molecular complexity index is 378. The van der Waals surface area contributed by atoms with Gasteiger partial charge in [0.25, 0.3) is 0 Å². The molecule has 88 valence electrons. The fourth-order valence-electron chi connectivity index (χ4n) is 2.06. The van der Waals surface area contributed by atoms with Crippen molar-refractivity contribution in [2.45, 2.75) is 38.9 Å². The molecule has 1 aromatic rings. The lowest BCUT2D eigenvalue weighted by Crippen LogP contribution is -2.31. The monoisotopic (exact) mass is 224 g/mol. The van der Waals surface area contributed by atoms with Crippen LogP contribution in [-0.4, -0.2) is 11.2 Å². The van der Waals surface area contributed by atoms with Gasteiger partial charge in [0.2, 0.25) is 0 Å². The molecule has 0 saturated heterocycles. The lowest BCUT2D eigenvalue weighted by atomic mass is 9.91. The van der Waals surface area contributed by atoms with Crippen LogP contribution in [0, 0.1) is 11.7 Å². The minimum absolute atomic E-state index is 0.0259. The number of aliphatic hydroxyl groups excluding tert-OH is 1. The first-order chi connectivity index (χ1) is 7.61. The minimum Gasteiger partial charge on any atom is -0.490 e. The van der Waals surface area contributed by atoms with Gasteiger partial charge in [-0.15, -0.1) is 0 Å². The molecule has 1 aliphatic heterocycles. The van der Waals surface area contributed by atoms with E-state index in [0.29, 0.717) is 23.7 Å². The van der Waals surface area contributed by atoms with Crippen LogP contribution in [0.15, 0.2) is 18.2 Å². The molecule has 0 fully saturated rings. The largest absolute Gasteiger partial charge is 0.490 e. The molecule has 3 atom stereocenters. The summed E-state index contributed by atoms with van der Waals surface area (Å²) in [7, 11) is 0. The number of ether oxygens (including phenoxy) is 1. The summed E-state index contributed by atoms with van der Waals surface area (Å²) in [6.45, 7) is 4.20. The zero-order chi connectivity index (χ0) is 11.7. The molecule has 1 N–H and O–H groups in total. The molecular formula is C13H17FO2. The van der Waals surface area contributed by atoms with Gasteiger partial charge in [0.05, 0.1) is 6.10 Å². The molecule has 0 amide bonds. The van der Waals surface area contributed by atoms with Crippen LogP contribution in [0.4, 0.5) is 4.39 Å². The van der Waals surface area contributed by atoms with Crippen molar-refractivity contribution in [2.75, 3.05) is 0 Å². The van der Waals surface area contributed by atoms with Crippen molar-refractivity contribution in [3.8, 4) is 5.75 Å². The van der Waals surface area contributed by atoms with Crippen LogP contribution >= 0.6 is 0 Å². The number of hydrogen-bond acceptors (Lipinski definition) is 2. The molecule has 3 heteroatoms. The van der Waals surface area contributed by atoms with Crippen LogP contribution in [0.1, 0.15) is 38.4 Å². The molecule has 0 spiro atoms. The molecule has 0 saturated carbocycles. The topological polar surface area (TPSA) is 29.5 Å². The van der Waals surface area contributed by atoms with Crippen molar-refractivity contribution in [1.29, 1.82) is 0 Å². The Labute approximate surface area is 95.1 Å². The Morgan fingerprint density at radius 2 is 2.31 bits per heavy atom. The van der Waals surface area contributed by atoms with E-state index in [1.165, 1.54) is 12.1 Å². The molecule has 2 rings (SSSR count). The van der Waals surface area contributed by atoms with E-state index in [2.05, 4.69) is 13.8 Å². The van der Waals surface area contributed by atoms with Crippen LogP contribution in [0.3, 0.4) is 0 Å². The Morgan fingerprint density at radius 1 is 1.56 bits per heavy atom. The summed E-state index contributed by atoms with van der Waals surface area (Å²) in [6, 6.07) is 4.32. The highest BCUT2D eigenvalue weighted by atomic mass is 19.1.